The van der Waals surface area contributed by atoms with Crippen LogP contribution >= 0.6 is 23.9 Å². The van der Waals surface area contributed by atoms with E-state index in [0.29, 0.717) is 11.4 Å². The zero-order valence-corrected chi connectivity index (χ0v) is 19.0. The predicted octanol–water partition coefficient (Wildman–Crippen LogP) is 5.89. The highest BCUT2D eigenvalue weighted by Crippen LogP contribution is 2.33. The molecule has 0 amide bonds. The fourth-order valence-corrected chi connectivity index (χ4v) is 4.50. The highest BCUT2D eigenvalue weighted by Gasteiger charge is 2.10. The van der Waals surface area contributed by atoms with Crippen LogP contribution in [0, 0.1) is 0 Å². The van der Waals surface area contributed by atoms with Crippen LogP contribution in [0.4, 0.5) is 11.4 Å². The largest absolute Gasteiger partial charge is 0.506 e. The number of phenols is 2. The van der Waals surface area contributed by atoms with Gasteiger partial charge in [-0.2, -0.15) is 0 Å². The summed E-state index contributed by atoms with van der Waals surface area (Å²) in [5.74, 6) is -2.53. The van der Waals surface area contributed by atoms with Gasteiger partial charge in [0.1, 0.15) is 11.5 Å². The molecule has 0 aromatic heterocycles. The van der Waals surface area contributed by atoms with Crippen LogP contribution in [-0.4, -0.2) is 32.4 Å². The minimum atomic E-state index is -1.11. The molecule has 10 heteroatoms. The number of benzene rings is 4. The molecule has 0 aliphatic heterocycles. The Balaban J connectivity index is 1.45. The number of aromatic carboxylic acids is 2. The third kappa shape index (κ3) is 5.30. The molecule has 0 fully saturated rings. The van der Waals surface area contributed by atoms with Crippen molar-refractivity contribution in [3.05, 3.63) is 83.9 Å². The van der Waals surface area contributed by atoms with Crippen molar-refractivity contribution in [2.45, 2.75) is 9.79 Å². The van der Waals surface area contributed by atoms with E-state index < -0.39 is 11.9 Å². The average Bonchev–Trinajstić information content (AvgIpc) is 2.82. The lowest BCUT2D eigenvalue weighted by Crippen LogP contribution is -1.96. The SMILES string of the molecule is O=C(O)c1ccc(NSc2ccc3ccc(SNc4ccc(C(=O)O)cc4O)cc3c2)c(O)c1. The van der Waals surface area contributed by atoms with E-state index >= 15 is 0 Å². The molecular formula is C24H18N2O6S2. The summed E-state index contributed by atoms with van der Waals surface area (Å²) in [5.41, 5.74) is 0.807. The van der Waals surface area contributed by atoms with Crippen molar-refractivity contribution < 1.29 is 30.0 Å². The number of carbonyl (C=O) groups is 2. The van der Waals surface area contributed by atoms with Gasteiger partial charge >= 0.3 is 11.9 Å². The maximum Gasteiger partial charge on any atom is 0.335 e. The summed E-state index contributed by atoms with van der Waals surface area (Å²) in [5, 5.41) is 40.1. The van der Waals surface area contributed by atoms with Crippen LogP contribution in [0.5, 0.6) is 11.5 Å². The van der Waals surface area contributed by atoms with E-state index in [2.05, 4.69) is 9.44 Å². The first-order valence-electron chi connectivity index (χ1n) is 9.82. The van der Waals surface area contributed by atoms with Crippen molar-refractivity contribution in [2.75, 3.05) is 9.44 Å². The lowest BCUT2D eigenvalue weighted by Gasteiger charge is -2.10. The molecule has 0 bridgehead atoms. The molecule has 34 heavy (non-hydrogen) atoms. The van der Waals surface area contributed by atoms with E-state index in [1.54, 1.807) is 0 Å². The maximum absolute atomic E-state index is 11.0. The first-order valence-corrected chi connectivity index (χ1v) is 11.5. The van der Waals surface area contributed by atoms with E-state index in [4.69, 9.17) is 10.2 Å². The van der Waals surface area contributed by atoms with Crippen LogP contribution in [0.2, 0.25) is 0 Å². The second-order valence-electron chi connectivity index (χ2n) is 7.15. The van der Waals surface area contributed by atoms with Crippen molar-refractivity contribution in [3.63, 3.8) is 0 Å². The van der Waals surface area contributed by atoms with Crippen molar-refractivity contribution in [1.82, 2.24) is 0 Å². The molecule has 0 atom stereocenters. The number of fused-ring (bicyclic) bond motifs is 1. The number of aromatic hydroxyl groups is 2. The Hall–Kier alpha value is -4.02. The van der Waals surface area contributed by atoms with Gasteiger partial charge in [0.2, 0.25) is 0 Å². The summed E-state index contributed by atoms with van der Waals surface area (Å²) < 4.78 is 6.05. The molecule has 0 aliphatic rings. The second-order valence-corrected chi connectivity index (χ2v) is 8.91. The molecule has 4 rings (SSSR count). The Bertz CT molecular complexity index is 1310. The first kappa shape index (κ1) is 23.1. The number of hydrogen-bond donors (Lipinski definition) is 6. The average molecular weight is 495 g/mol. The van der Waals surface area contributed by atoms with Crippen LogP contribution in [0.3, 0.4) is 0 Å². The van der Waals surface area contributed by atoms with Crippen molar-refractivity contribution in [2.24, 2.45) is 0 Å². The molecular weight excluding hydrogens is 476 g/mol. The molecule has 0 aliphatic carbocycles. The number of phenolic OH excluding ortho intramolecular Hbond substituents is 2. The van der Waals surface area contributed by atoms with Gasteiger partial charge in [0.15, 0.2) is 0 Å². The number of carboxylic acid groups (broad SMARTS) is 2. The topological polar surface area (TPSA) is 139 Å². The molecule has 0 spiro atoms. The normalized spacial score (nSPS) is 10.7. The van der Waals surface area contributed by atoms with Crippen molar-refractivity contribution in [1.29, 1.82) is 0 Å². The molecule has 0 unspecified atom stereocenters. The number of hydrogen-bond acceptors (Lipinski definition) is 8. The zero-order valence-electron chi connectivity index (χ0n) is 17.4. The van der Waals surface area contributed by atoms with Crippen LogP contribution in [0.15, 0.2) is 82.6 Å². The lowest BCUT2D eigenvalue weighted by atomic mass is 10.1. The van der Waals surface area contributed by atoms with E-state index in [-0.39, 0.29) is 22.6 Å². The maximum atomic E-state index is 11.0. The summed E-state index contributed by atoms with van der Waals surface area (Å²) in [6.45, 7) is 0. The molecule has 0 heterocycles. The lowest BCUT2D eigenvalue weighted by molar-refractivity contribution is 0.0686. The molecule has 8 nitrogen and oxygen atoms in total. The minimum absolute atomic E-state index is 0.00328. The predicted molar refractivity (Wildman–Crippen MR) is 133 cm³/mol. The molecule has 0 radical (unpaired) electrons. The van der Waals surface area contributed by atoms with E-state index in [0.717, 1.165) is 20.6 Å². The van der Waals surface area contributed by atoms with Gasteiger partial charge in [0, 0.05) is 9.79 Å². The molecule has 172 valence electrons. The van der Waals surface area contributed by atoms with Crippen LogP contribution in [0.25, 0.3) is 10.8 Å². The van der Waals surface area contributed by atoms with Crippen molar-refractivity contribution in [3.8, 4) is 11.5 Å². The Labute approximate surface area is 202 Å². The molecule has 4 aromatic rings. The van der Waals surface area contributed by atoms with Gasteiger partial charge in [-0.25, -0.2) is 9.59 Å². The fourth-order valence-electron chi connectivity index (χ4n) is 3.06. The monoisotopic (exact) mass is 494 g/mol. The van der Waals surface area contributed by atoms with Gasteiger partial charge in [-0.1, -0.05) is 12.1 Å². The number of anilines is 2. The quantitative estimate of drug-likeness (QED) is 0.130. The molecule has 0 saturated carbocycles. The number of nitrogens with one attached hydrogen (secondary N) is 2. The third-order valence-corrected chi connectivity index (χ3v) is 6.45. The summed E-state index contributed by atoms with van der Waals surface area (Å²) in [6.07, 6.45) is 0. The molecule has 4 aromatic carbocycles. The highest BCUT2D eigenvalue weighted by molar-refractivity contribution is 8.00. The number of carboxylic acids is 2. The van der Waals surface area contributed by atoms with Gasteiger partial charge in [-0.05, 0) is 95.3 Å². The summed E-state index contributed by atoms with van der Waals surface area (Å²) >= 11 is 2.56. The Morgan fingerprint density at radius 1 is 0.588 bits per heavy atom. The van der Waals surface area contributed by atoms with Crippen LogP contribution < -0.4 is 9.44 Å². The Morgan fingerprint density at radius 3 is 1.41 bits per heavy atom. The zero-order chi connectivity index (χ0) is 24.2. The molecule has 0 saturated heterocycles. The van der Waals surface area contributed by atoms with Crippen molar-refractivity contribution >= 4 is 58.0 Å². The van der Waals surface area contributed by atoms with Gasteiger partial charge in [-0.15, -0.1) is 0 Å². The number of rotatable bonds is 8. The summed E-state index contributed by atoms with van der Waals surface area (Å²) in [4.78, 5) is 23.8. The third-order valence-electron chi connectivity index (χ3n) is 4.83. The standard InChI is InChI=1S/C24H18N2O6S2/c27-21-11-14(23(29)30)3-7-19(21)25-33-17-5-1-13-2-6-18(10-16(13)9-17)34-26-20-8-4-15(24(31)32)12-22(20)28/h1-12,25-28H,(H,29,30)(H,31,32). The second kappa shape index (κ2) is 9.86. The Kier molecular flexibility index (Phi) is 6.71. The van der Waals surface area contributed by atoms with Gasteiger partial charge in [-0.3, -0.25) is 0 Å². The summed E-state index contributed by atoms with van der Waals surface area (Å²) in [6, 6.07) is 19.9. The van der Waals surface area contributed by atoms with Gasteiger partial charge in [0.05, 0.1) is 22.5 Å². The van der Waals surface area contributed by atoms with Crippen LogP contribution in [-0.2, 0) is 0 Å². The molecule has 6 N–H and O–H groups in total. The van der Waals surface area contributed by atoms with Gasteiger partial charge in [0.25, 0.3) is 0 Å². The summed E-state index contributed by atoms with van der Waals surface area (Å²) in [7, 11) is 0. The van der Waals surface area contributed by atoms with Gasteiger partial charge < -0.3 is 29.9 Å². The van der Waals surface area contributed by atoms with E-state index in [1.165, 1.54) is 60.3 Å². The highest BCUT2D eigenvalue weighted by atomic mass is 32.2. The fraction of sp³-hybridized carbons (Fsp3) is 0. The first-order chi connectivity index (χ1) is 16.3. The van der Waals surface area contributed by atoms with E-state index in [9.17, 15) is 19.8 Å². The van der Waals surface area contributed by atoms with Crippen LogP contribution in [0.1, 0.15) is 20.7 Å². The minimum Gasteiger partial charge on any atom is -0.506 e. The smallest absolute Gasteiger partial charge is 0.335 e. The van der Waals surface area contributed by atoms with E-state index in [1.807, 2.05) is 36.4 Å². The Morgan fingerprint density at radius 2 is 1.03 bits per heavy atom.